The second-order valence-corrected chi connectivity index (χ2v) is 5.62. The lowest BCUT2D eigenvalue weighted by atomic mass is 10.2. The zero-order valence-corrected chi connectivity index (χ0v) is 13.7. The zero-order valence-electron chi connectivity index (χ0n) is 13.0. The van der Waals surface area contributed by atoms with Gasteiger partial charge in [0.25, 0.3) is 0 Å². The lowest BCUT2D eigenvalue weighted by Crippen LogP contribution is -2.34. The molecule has 0 saturated carbocycles. The van der Waals surface area contributed by atoms with Crippen molar-refractivity contribution >= 4 is 17.6 Å². The van der Waals surface area contributed by atoms with E-state index >= 15 is 0 Å². The first-order chi connectivity index (χ1) is 11.6. The molecule has 0 spiro atoms. The van der Waals surface area contributed by atoms with Crippen LogP contribution < -0.4 is 10.6 Å². The molecule has 0 aliphatic heterocycles. The monoisotopic (exact) mass is 345 g/mol. The van der Waals surface area contributed by atoms with Crippen LogP contribution in [0.1, 0.15) is 11.5 Å². The largest absolute Gasteiger partial charge is 0.348 e. The van der Waals surface area contributed by atoms with E-state index in [0.717, 1.165) is 11.3 Å². The summed E-state index contributed by atoms with van der Waals surface area (Å²) in [6, 6.07) is 10.7. The standard InChI is InChI=1S/C16H16ClN5O2/c1-22-8-2-3-13(22)15-20-14(24-21-15)10-19-16(23)18-9-11-4-6-12(17)7-5-11/h2-8H,9-10H2,1H3,(H2,18,19,23). The molecular weight excluding hydrogens is 330 g/mol. The molecule has 8 heteroatoms. The van der Waals surface area contributed by atoms with Gasteiger partial charge in [-0.05, 0) is 29.8 Å². The average Bonchev–Trinajstić information content (AvgIpc) is 3.21. The number of aromatic nitrogens is 3. The smallest absolute Gasteiger partial charge is 0.315 e. The van der Waals surface area contributed by atoms with E-state index in [4.69, 9.17) is 16.1 Å². The van der Waals surface area contributed by atoms with Gasteiger partial charge in [-0.15, -0.1) is 0 Å². The minimum Gasteiger partial charge on any atom is -0.348 e. The van der Waals surface area contributed by atoms with Crippen LogP contribution in [0.25, 0.3) is 11.5 Å². The third-order valence-corrected chi connectivity index (χ3v) is 3.66. The molecule has 2 aromatic heterocycles. The van der Waals surface area contributed by atoms with Gasteiger partial charge in [-0.25, -0.2) is 4.79 Å². The molecule has 2 amide bonds. The first kappa shape index (κ1) is 16.1. The maximum atomic E-state index is 11.8. The molecule has 0 radical (unpaired) electrons. The number of carbonyl (C=O) groups is 1. The SMILES string of the molecule is Cn1cccc1-c1noc(CNC(=O)NCc2ccc(Cl)cc2)n1. The Bertz CT molecular complexity index is 825. The number of amides is 2. The topological polar surface area (TPSA) is 85.0 Å². The zero-order chi connectivity index (χ0) is 16.9. The van der Waals surface area contributed by atoms with Gasteiger partial charge in [0.1, 0.15) is 0 Å². The lowest BCUT2D eigenvalue weighted by Gasteiger charge is -2.06. The van der Waals surface area contributed by atoms with Gasteiger partial charge in [0.2, 0.25) is 11.7 Å². The maximum absolute atomic E-state index is 11.8. The number of rotatable bonds is 5. The molecule has 0 saturated heterocycles. The molecule has 2 heterocycles. The number of urea groups is 1. The highest BCUT2D eigenvalue weighted by Crippen LogP contribution is 2.15. The number of hydrogen-bond donors (Lipinski definition) is 2. The minimum atomic E-state index is -0.316. The fraction of sp³-hybridized carbons (Fsp3) is 0.188. The summed E-state index contributed by atoms with van der Waals surface area (Å²) in [4.78, 5) is 16.1. The summed E-state index contributed by atoms with van der Waals surface area (Å²) in [5.41, 5.74) is 1.80. The molecule has 0 unspecified atom stereocenters. The van der Waals surface area contributed by atoms with Gasteiger partial charge in [-0.2, -0.15) is 4.98 Å². The van der Waals surface area contributed by atoms with E-state index in [1.165, 1.54) is 0 Å². The molecule has 3 aromatic rings. The summed E-state index contributed by atoms with van der Waals surface area (Å²) in [6.45, 7) is 0.561. The van der Waals surface area contributed by atoms with E-state index in [1.54, 1.807) is 12.1 Å². The Morgan fingerprint density at radius 3 is 2.67 bits per heavy atom. The summed E-state index contributed by atoms with van der Waals surface area (Å²) in [6.07, 6.45) is 1.90. The van der Waals surface area contributed by atoms with Crippen LogP contribution in [0.5, 0.6) is 0 Å². The van der Waals surface area contributed by atoms with Crippen LogP contribution >= 0.6 is 11.6 Å². The van der Waals surface area contributed by atoms with Crippen molar-refractivity contribution in [2.45, 2.75) is 13.1 Å². The summed E-state index contributed by atoms with van der Waals surface area (Å²) in [7, 11) is 1.90. The van der Waals surface area contributed by atoms with Crippen LogP contribution in [0, 0.1) is 0 Å². The molecule has 0 bridgehead atoms. The van der Waals surface area contributed by atoms with Crippen molar-refractivity contribution in [3.8, 4) is 11.5 Å². The van der Waals surface area contributed by atoms with Gasteiger partial charge in [0.15, 0.2) is 0 Å². The van der Waals surface area contributed by atoms with E-state index in [2.05, 4.69) is 20.8 Å². The Morgan fingerprint density at radius 2 is 1.96 bits per heavy atom. The van der Waals surface area contributed by atoms with Crippen LogP contribution in [0.2, 0.25) is 5.02 Å². The van der Waals surface area contributed by atoms with E-state index in [9.17, 15) is 4.79 Å². The van der Waals surface area contributed by atoms with E-state index in [-0.39, 0.29) is 12.6 Å². The molecule has 24 heavy (non-hydrogen) atoms. The third kappa shape index (κ3) is 3.94. The molecule has 2 N–H and O–H groups in total. The Hall–Kier alpha value is -2.80. The van der Waals surface area contributed by atoms with E-state index < -0.39 is 0 Å². The van der Waals surface area contributed by atoms with Crippen LogP contribution in [0.3, 0.4) is 0 Å². The number of nitrogens with one attached hydrogen (secondary N) is 2. The van der Waals surface area contributed by atoms with Crippen molar-refractivity contribution in [3.05, 3.63) is 59.1 Å². The maximum Gasteiger partial charge on any atom is 0.315 e. The first-order valence-electron chi connectivity index (χ1n) is 7.32. The Morgan fingerprint density at radius 1 is 1.21 bits per heavy atom. The Labute approximate surface area is 143 Å². The van der Waals surface area contributed by atoms with Gasteiger partial charge in [-0.3, -0.25) is 0 Å². The normalized spacial score (nSPS) is 10.6. The molecule has 0 aliphatic carbocycles. The lowest BCUT2D eigenvalue weighted by molar-refractivity contribution is 0.238. The number of carbonyl (C=O) groups excluding carboxylic acids is 1. The van der Waals surface area contributed by atoms with E-state index in [0.29, 0.717) is 23.3 Å². The van der Waals surface area contributed by atoms with Gasteiger partial charge in [0.05, 0.1) is 12.2 Å². The van der Waals surface area contributed by atoms with Gasteiger partial charge < -0.3 is 19.7 Å². The van der Waals surface area contributed by atoms with Crippen LogP contribution in [-0.2, 0) is 20.1 Å². The predicted octanol–water partition coefficient (Wildman–Crippen LogP) is 2.73. The molecule has 3 rings (SSSR count). The number of halogens is 1. The highest BCUT2D eigenvalue weighted by Gasteiger charge is 2.11. The van der Waals surface area contributed by atoms with Crippen molar-refractivity contribution < 1.29 is 9.32 Å². The minimum absolute atomic E-state index is 0.157. The van der Waals surface area contributed by atoms with Crippen molar-refractivity contribution in [1.82, 2.24) is 25.3 Å². The van der Waals surface area contributed by atoms with Crippen molar-refractivity contribution in [2.75, 3.05) is 0 Å². The molecule has 0 atom stereocenters. The van der Waals surface area contributed by atoms with Crippen LogP contribution in [0.4, 0.5) is 4.79 Å². The fourth-order valence-corrected chi connectivity index (χ4v) is 2.25. The number of benzene rings is 1. The molecular formula is C16H16ClN5O2. The summed E-state index contributed by atoms with van der Waals surface area (Å²) >= 11 is 5.82. The van der Waals surface area contributed by atoms with E-state index in [1.807, 2.05) is 42.1 Å². The Balaban J connectivity index is 1.49. The molecule has 0 aliphatic rings. The van der Waals surface area contributed by atoms with Gasteiger partial charge in [0, 0.05) is 24.8 Å². The summed E-state index contributed by atoms with van der Waals surface area (Å²) < 4.78 is 7.03. The number of aryl methyl sites for hydroxylation is 1. The van der Waals surface area contributed by atoms with Crippen LogP contribution in [-0.4, -0.2) is 20.7 Å². The molecule has 1 aromatic carbocycles. The van der Waals surface area contributed by atoms with Gasteiger partial charge in [-0.1, -0.05) is 28.9 Å². The van der Waals surface area contributed by atoms with Crippen molar-refractivity contribution in [1.29, 1.82) is 0 Å². The summed E-state index contributed by atoms with van der Waals surface area (Å²) in [5, 5.41) is 9.99. The van der Waals surface area contributed by atoms with Crippen molar-refractivity contribution in [3.63, 3.8) is 0 Å². The van der Waals surface area contributed by atoms with Crippen LogP contribution in [0.15, 0.2) is 47.1 Å². The second kappa shape index (κ2) is 7.18. The Kier molecular flexibility index (Phi) is 4.81. The summed E-state index contributed by atoms with van der Waals surface area (Å²) in [5.74, 6) is 0.828. The van der Waals surface area contributed by atoms with Gasteiger partial charge >= 0.3 is 6.03 Å². The molecule has 0 fully saturated rings. The number of nitrogens with zero attached hydrogens (tertiary/aromatic N) is 3. The highest BCUT2D eigenvalue weighted by molar-refractivity contribution is 6.30. The van der Waals surface area contributed by atoms with Crippen molar-refractivity contribution in [2.24, 2.45) is 7.05 Å². The average molecular weight is 346 g/mol. The number of hydrogen-bond acceptors (Lipinski definition) is 4. The predicted molar refractivity (Wildman–Crippen MR) is 89.2 cm³/mol. The first-order valence-corrected chi connectivity index (χ1v) is 7.70. The highest BCUT2D eigenvalue weighted by atomic mass is 35.5. The quantitative estimate of drug-likeness (QED) is 0.744. The molecule has 124 valence electrons. The fourth-order valence-electron chi connectivity index (χ4n) is 2.13. The third-order valence-electron chi connectivity index (χ3n) is 3.41. The second-order valence-electron chi connectivity index (χ2n) is 5.18. The molecule has 7 nitrogen and oxygen atoms in total.